The number of halogens is 1. The molecule has 0 aliphatic carbocycles. The van der Waals surface area contributed by atoms with E-state index in [1.807, 2.05) is 26.8 Å². The van der Waals surface area contributed by atoms with E-state index in [-0.39, 0.29) is 18.2 Å². The van der Waals surface area contributed by atoms with Gasteiger partial charge in [-0.05, 0) is 50.3 Å². The van der Waals surface area contributed by atoms with Gasteiger partial charge in [-0.3, -0.25) is 4.79 Å². The summed E-state index contributed by atoms with van der Waals surface area (Å²) in [4.78, 5) is 11.6. The van der Waals surface area contributed by atoms with Crippen molar-refractivity contribution in [2.75, 3.05) is 0 Å². The van der Waals surface area contributed by atoms with Crippen LogP contribution in [0.1, 0.15) is 58.1 Å². The lowest BCUT2D eigenvalue weighted by molar-refractivity contribution is -0.154. The van der Waals surface area contributed by atoms with Crippen LogP contribution < -0.4 is 0 Å². The third kappa shape index (κ3) is 5.41. The molecule has 19 heavy (non-hydrogen) atoms. The van der Waals surface area contributed by atoms with Crippen molar-refractivity contribution in [1.82, 2.24) is 0 Å². The molecule has 0 atom stereocenters. The number of benzene rings is 1. The van der Waals surface area contributed by atoms with Gasteiger partial charge in [-0.2, -0.15) is 0 Å². The lowest BCUT2D eigenvalue weighted by atomic mass is 9.98. The zero-order valence-electron chi connectivity index (χ0n) is 12.4. The van der Waals surface area contributed by atoms with E-state index < -0.39 is 5.60 Å². The average molecular weight is 266 g/mol. The molecule has 0 aliphatic heterocycles. The number of carbonyl (C=O) groups is 1. The van der Waals surface area contributed by atoms with Crippen molar-refractivity contribution >= 4 is 5.97 Å². The van der Waals surface area contributed by atoms with Gasteiger partial charge in [0.05, 0.1) is 0 Å². The van der Waals surface area contributed by atoms with Gasteiger partial charge in [0.2, 0.25) is 0 Å². The van der Waals surface area contributed by atoms with Crippen LogP contribution in [0.25, 0.3) is 0 Å². The first-order valence-electron chi connectivity index (χ1n) is 6.69. The van der Waals surface area contributed by atoms with Gasteiger partial charge < -0.3 is 4.74 Å². The summed E-state index contributed by atoms with van der Waals surface area (Å²) in [6.45, 7) is 9.59. The Labute approximate surface area is 115 Å². The molecule has 0 aromatic heterocycles. The molecule has 0 radical (unpaired) electrons. The van der Waals surface area contributed by atoms with Gasteiger partial charge in [-0.15, -0.1) is 0 Å². The molecule has 0 spiro atoms. The minimum Gasteiger partial charge on any atom is -0.460 e. The molecule has 0 heterocycles. The molecule has 1 rings (SSSR count). The number of hydrogen-bond acceptors (Lipinski definition) is 2. The van der Waals surface area contributed by atoms with E-state index in [1.54, 1.807) is 6.07 Å². The Morgan fingerprint density at radius 2 is 1.95 bits per heavy atom. The highest BCUT2D eigenvalue weighted by atomic mass is 19.1. The van der Waals surface area contributed by atoms with Crippen LogP contribution in [0.15, 0.2) is 18.2 Å². The molecule has 0 N–H and O–H groups in total. The summed E-state index contributed by atoms with van der Waals surface area (Å²) >= 11 is 0. The predicted molar refractivity (Wildman–Crippen MR) is 74.7 cm³/mol. The largest absolute Gasteiger partial charge is 0.460 e. The molecule has 0 fully saturated rings. The molecule has 1 aromatic carbocycles. The molecular weight excluding hydrogens is 243 g/mol. The topological polar surface area (TPSA) is 26.3 Å². The summed E-state index contributed by atoms with van der Waals surface area (Å²) in [6.07, 6.45) is 0.580. The fourth-order valence-corrected chi connectivity index (χ4v) is 1.77. The molecule has 0 unspecified atom stereocenters. The number of rotatable bonds is 4. The highest BCUT2D eigenvalue weighted by Gasteiger charge is 2.16. The SMILES string of the molecule is CC(C)c1ccc(F)c(CCC(=O)OC(C)(C)C)c1. The molecule has 0 bridgehead atoms. The third-order valence-electron chi connectivity index (χ3n) is 2.75. The number of ether oxygens (including phenoxy) is 1. The maximum atomic E-state index is 13.7. The minimum atomic E-state index is -0.491. The van der Waals surface area contributed by atoms with Crippen molar-refractivity contribution < 1.29 is 13.9 Å². The summed E-state index contributed by atoms with van der Waals surface area (Å²) in [7, 11) is 0. The van der Waals surface area contributed by atoms with E-state index in [1.165, 1.54) is 6.07 Å². The van der Waals surface area contributed by atoms with Crippen LogP contribution in [0, 0.1) is 5.82 Å². The quantitative estimate of drug-likeness (QED) is 0.763. The van der Waals surface area contributed by atoms with Crippen LogP contribution >= 0.6 is 0 Å². The Kier molecular flexibility index (Phi) is 5.10. The van der Waals surface area contributed by atoms with Crippen LogP contribution in [0.2, 0.25) is 0 Å². The second kappa shape index (κ2) is 6.18. The van der Waals surface area contributed by atoms with E-state index in [0.717, 1.165) is 5.56 Å². The number of hydrogen-bond donors (Lipinski definition) is 0. The zero-order chi connectivity index (χ0) is 14.6. The number of esters is 1. The van der Waals surface area contributed by atoms with Crippen molar-refractivity contribution in [2.45, 2.75) is 59.0 Å². The molecule has 0 amide bonds. The van der Waals surface area contributed by atoms with Crippen molar-refractivity contribution in [3.63, 3.8) is 0 Å². The standard InChI is InChI=1S/C16H23FO2/c1-11(2)12-6-8-14(17)13(10-12)7-9-15(18)19-16(3,4)5/h6,8,10-11H,7,9H2,1-5H3. The maximum Gasteiger partial charge on any atom is 0.306 e. The summed E-state index contributed by atoms with van der Waals surface area (Å²) < 4.78 is 18.9. The van der Waals surface area contributed by atoms with Crippen molar-refractivity contribution in [3.8, 4) is 0 Å². The second-order valence-corrected chi connectivity index (χ2v) is 6.09. The first-order chi connectivity index (χ1) is 8.69. The lowest BCUT2D eigenvalue weighted by Crippen LogP contribution is -2.24. The van der Waals surface area contributed by atoms with Gasteiger partial charge in [0.25, 0.3) is 0 Å². The summed E-state index contributed by atoms with van der Waals surface area (Å²) in [6, 6.07) is 5.10. The summed E-state index contributed by atoms with van der Waals surface area (Å²) in [5.41, 5.74) is 1.17. The Morgan fingerprint density at radius 1 is 1.32 bits per heavy atom. The molecular formula is C16H23FO2. The highest BCUT2D eigenvalue weighted by Crippen LogP contribution is 2.19. The van der Waals surface area contributed by atoms with Crippen LogP contribution in [-0.4, -0.2) is 11.6 Å². The Balaban J connectivity index is 2.67. The number of aryl methyl sites for hydroxylation is 1. The van der Waals surface area contributed by atoms with E-state index in [2.05, 4.69) is 13.8 Å². The molecule has 3 heteroatoms. The van der Waals surface area contributed by atoms with Gasteiger partial charge in [0, 0.05) is 6.42 Å². The molecule has 1 aromatic rings. The zero-order valence-corrected chi connectivity index (χ0v) is 12.4. The highest BCUT2D eigenvalue weighted by molar-refractivity contribution is 5.70. The van der Waals surface area contributed by atoms with Gasteiger partial charge in [0.15, 0.2) is 0 Å². The fourth-order valence-electron chi connectivity index (χ4n) is 1.77. The van der Waals surface area contributed by atoms with E-state index in [0.29, 0.717) is 17.9 Å². The van der Waals surface area contributed by atoms with E-state index in [4.69, 9.17) is 4.74 Å². The van der Waals surface area contributed by atoms with Gasteiger partial charge in [-0.1, -0.05) is 26.0 Å². The Hall–Kier alpha value is -1.38. The molecule has 106 valence electrons. The first kappa shape index (κ1) is 15.7. The smallest absolute Gasteiger partial charge is 0.306 e. The fraction of sp³-hybridized carbons (Fsp3) is 0.562. The maximum absolute atomic E-state index is 13.7. The second-order valence-electron chi connectivity index (χ2n) is 6.09. The Bertz CT molecular complexity index is 445. The Morgan fingerprint density at radius 3 is 2.47 bits per heavy atom. The van der Waals surface area contributed by atoms with E-state index in [9.17, 15) is 9.18 Å². The molecule has 0 saturated heterocycles. The lowest BCUT2D eigenvalue weighted by Gasteiger charge is -2.19. The molecule has 2 nitrogen and oxygen atoms in total. The van der Waals surface area contributed by atoms with Crippen LogP contribution in [0.5, 0.6) is 0 Å². The first-order valence-corrected chi connectivity index (χ1v) is 6.69. The minimum absolute atomic E-state index is 0.204. The van der Waals surface area contributed by atoms with Crippen molar-refractivity contribution in [3.05, 3.63) is 35.1 Å². The monoisotopic (exact) mass is 266 g/mol. The van der Waals surface area contributed by atoms with Gasteiger partial charge in [-0.25, -0.2) is 4.39 Å². The summed E-state index contributed by atoms with van der Waals surface area (Å²) in [5, 5.41) is 0. The van der Waals surface area contributed by atoms with Crippen LogP contribution in [0.3, 0.4) is 0 Å². The molecule has 0 saturated carbocycles. The summed E-state index contributed by atoms with van der Waals surface area (Å²) in [5.74, 6) is -0.198. The molecule has 0 aliphatic rings. The van der Waals surface area contributed by atoms with E-state index >= 15 is 0 Å². The van der Waals surface area contributed by atoms with Crippen LogP contribution in [-0.2, 0) is 16.0 Å². The van der Waals surface area contributed by atoms with Crippen molar-refractivity contribution in [1.29, 1.82) is 0 Å². The van der Waals surface area contributed by atoms with Gasteiger partial charge >= 0.3 is 5.97 Å². The third-order valence-corrected chi connectivity index (χ3v) is 2.75. The predicted octanol–water partition coefficient (Wildman–Crippen LogP) is 4.22. The van der Waals surface area contributed by atoms with Crippen molar-refractivity contribution in [2.24, 2.45) is 0 Å². The van der Waals surface area contributed by atoms with Crippen LogP contribution in [0.4, 0.5) is 4.39 Å². The van der Waals surface area contributed by atoms with Gasteiger partial charge in [0.1, 0.15) is 11.4 Å². The average Bonchev–Trinajstić information content (AvgIpc) is 2.25. The normalized spacial score (nSPS) is 11.7. The number of carbonyl (C=O) groups excluding carboxylic acids is 1.